The topological polar surface area (TPSA) is 133 Å². The van der Waals surface area contributed by atoms with Crippen LogP contribution in [-0.4, -0.2) is 33.5 Å². The molecule has 1 aromatic heterocycles. The number of para-hydroxylation sites is 1. The number of nitrogens with two attached hydrogens (primary N) is 2. The predicted octanol–water partition coefficient (Wildman–Crippen LogP) is 1.19. The van der Waals surface area contributed by atoms with Crippen molar-refractivity contribution in [2.45, 2.75) is 12.5 Å². The molecule has 3 aromatic rings. The maximum absolute atomic E-state index is 12.4. The first-order valence-corrected chi connectivity index (χ1v) is 9.01. The Bertz CT molecular complexity index is 1030. The second kappa shape index (κ2) is 8.57. The summed E-state index contributed by atoms with van der Waals surface area (Å²) in [6.07, 6.45) is 1.57. The van der Waals surface area contributed by atoms with Crippen LogP contribution in [0, 0.1) is 0 Å². The monoisotopic (exact) mass is 411 g/mol. The second-order valence-corrected chi connectivity index (χ2v) is 6.71. The molecule has 1 heterocycles. The minimum absolute atomic E-state index is 0.137. The maximum Gasteiger partial charge on any atom is 0.249 e. The van der Waals surface area contributed by atoms with Gasteiger partial charge in [-0.25, -0.2) is 4.68 Å². The normalized spacial score (nSPS) is 10.7. The minimum Gasteiger partial charge on any atom is -0.367 e. The molecule has 0 aliphatic heterocycles. The van der Waals surface area contributed by atoms with Gasteiger partial charge in [-0.1, -0.05) is 41.9 Å². The molecule has 29 heavy (non-hydrogen) atoms. The third-order valence-electron chi connectivity index (χ3n) is 4.15. The van der Waals surface area contributed by atoms with Crippen molar-refractivity contribution in [1.29, 1.82) is 0 Å². The molecule has 0 saturated heterocycles. The third kappa shape index (κ3) is 4.80. The van der Waals surface area contributed by atoms with Gasteiger partial charge in [-0.2, -0.15) is 5.10 Å². The summed E-state index contributed by atoms with van der Waals surface area (Å²) in [5, 5.41) is 7.42. The number of carbonyl (C=O) groups excluding carboxylic acids is 3. The molecular formula is C20H18ClN5O3. The van der Waals surface area contributed by atoms with Crippen molar-refractivity contribution in [2.75, 3.05) is 0 Å². The molecule has 3 amide bonds. The second-order valence-electron chi connectivity index (χ2n) is 6.27. The van der Waals surface area contributed by atoms with Gasteiger partial charge in [-0.05, 0) is 24.3 Å². The number of nitrogens with one attached hydrogen (secondary N) is 1. The van der Waals surface area contributed by atoms with Gasteiger partial charge in [0.2, 0.25) is 17.7 Å². The summed E-state index contributed by atoms with van der Waals surface area (Å²) >= 11 is 5.96. The SMILES string of the molecule is NC(=O)C(NC(=O)Cc1cn(-c2ccccc2)nc1-c1ccc(Cl)cc1)C(N)=O. The number of primary amides is 2. The molecule has 0 unspecified atom stereocenters. The fourth-order valence-electron chi connectivity index (χ4n) is 2.77. The number of aromatic nitrogens is 2. The summed E-state index contributed by atoms with van der Waals surface area (Å²) < 4.78 is 1.65. The lowest BCUT2D eigenvalue weighted by atomic mass is 10.1. The zero-order chi connectivity index (χ0) is 21.0. The van der Waals surface area contributed by atoms with Crippen LogP contribution in [0.2, 0.25) is 5.02 Å². The molecule has 2 aromatic carbocycles. The van der Waals surface area contributed by atoms with Crippen LogP contribution >= 0.6 is 11.6 Å². The number of halogens is 1. The van der Waals surface area contributed by atoms with Gasteiger partial charge in [0.25, 0.3) is 0 Å². The van der Waals surface area contributed by atoms with Crippen LogP contribution in [0.5, 0.6) is 0 Å². The number of hydrogen-bond acceptors (Lipinski definition) is 4. The first-order chi connectivity index (χ1) is 13.8. The highest BCUT2D eigenvalue weighted by atomic mass is 35.5. The zero-order valence-corrected chi connectivity index (χ0v) is 16.0. The Morgan fingerprint density at radius 3 is 2.21 bits per heavy atom. The average molecular weight is 412 g/mol. The number of carbonyl (C=O) groups is 3. The molecule has 0 spiro atoms. The van der Waals surface area contributed by atoms with Gasteiger partial charge >= 0.3 is 0 Å². The molecule has 0 fully saturated rings. The molecule has 0 atom stereocenters. The standard InChI is InChI=1S/C20H18ClN5O3/c21-14-8-6-12(7-9-14)17-13(10-16(27)24-18(19(22)28)20(23)29)11-26(25-17)15-4-2-1-3-5-15/h1-9,11,18H,10H2,(H2,22,28)(H2,23,29)(H,24,27). The lowest BCUT2D eigenvalue weighted by Crippen LogP contribution is -2.52. The van der Waals surface area contributed by atoms with Gasteiger partial charge < -0.3 is 16.8 Å². The molecule has 0 aliphatic rings. The summed E-state index contributed by atoms with van der Waals surface area (Å²) in [5.74, 6) is -2.64. The molecule has 5 N–H and O–H groups in total. The molecule has 9 heteroatoms. The van der Waals surface area contributed by atoms with Crippen LogP contribution in [0.25, 0.3) is 16.9 Å². The van der Waals surface area contributed by atoms with E-state index in [2.05, 4.69) is 10.4 Å². The molecule has 0 saturated carbocycles. The maximum atomic E-state index is 12.4. The molecule has 3 rings (SSSR count). The zero-order valence-electron chi connectivity index (χ0n) is 15.2. The van der Waals surface area contributed by atoms with Crippen molar-refractivity contribution in [1.82, 2.24) is 15.1 Å². The minimum atomic E-state index is -1.58. The van der Waals surface area contributed by atoms with Crippen LogP contribution in [0.15, 0.2) is 60.8 Å². The summed E-state index contributed by atoms with van der Waals surface area (Å²) in [6, 6.07) is 14.8. The highest BCUT2D eigenvalue weighted by Crippen LogP contribution is 2.25. The lowest BCUT2D eigenvalue weighted by molar-refractivity contribution is -0.133. The largest absolute Gasteiger partial charge is 0.367 e. The van der Waals surface area contributed by atoms with Crippen LogP contribution in [-0.2, 0) is 20.8 Å². The smallest absolute Gasteiger partial charge is 0.249 e. The summed E-state index contributed by atoms with van der Waals surface area (Å²) in [6.45, 7) is 0. The van der Waals surface area contributed by atoms with E-state index in [0.29, 0.717) is 16.3 Å². The Hall–Kier alpha value is -3.65. The van der Waals surface area contributed by atoms with Crippen LogP contribution in [0.1, 0.15) is 5.56 Å². The van der Waals surface area contributed by atoms with Crippen molar-refractivity contribution < 1.29 is 14.4 Å². The predicted molar refractivity (Wildman–Crippen MR) is 108 cm³/mol. The van der Waals surface area contributed by atoms with Gasteiger partial charge in [0.15, 0.2) is 6.04 Å². The molecule has 148 valence electrons. The quantitative estimate of drug-likeness (QED) is 0.503. The highest BCUT2D eigenvalue weighted by molar-refractivity contribution is 6.30. The Kier molecular flexibility index (Phi) is 5.94. The van der Waals surface area contributed by atoms with E-state index >= 15 is 0 Å². The van der Waals surface area contributed by atoms with Gasteiger partial charge in [-0.15, -0.1) is 0 Å². The number of benzene rings is 2. The van der Waals surface area contributed by atoms with E-state index in [0.717, 1.165) is 11.3 Å². The van der Waals surface area contributed by atoms with Crippen molar-refractivity contribution in [3.8, 4) is 16.9 Å². The van der Waals surface area contributed by atoms with E-state index in [1.165, 1.54) is 0 Å². The van der Waals surface area contributed by atoms with E-state index in [1.807, 2.05) is 30.3 Å². The van der Waals surface area contributed by atoms with E-state index in [4.69, 9.17) is 23.1 Å². The van der Waals surface area contributed by atoms with E-state index in [9.17, 15) is 14.4 Å². The molecule has 8 nitrogen and oxygen atoms in total. The van der Waals surface area contributed by atoms with Crippen molar-refractivity contribution >= 4 is 29.3 Å². The first-order valence-electron chi connectivity index (χ1n) is 8.63. The summed E-state index contributed by atoms with van der Waals surface area (Å²) in [5.41, 5.74) is 12.9. The summed E-state index contributed by atoms with van der Waals surface area (Å²) in [7, 11) is 0. The fraction of sp³-hybridized carbons (Fsp3) is 0.100. The van der Waals surface area contributed by atoms with Crippen molar-refractivity contribution in [3.63, 3.8) is 0 Å². The number of amides is 3. The average Bonchev–Trinajstić information content (AvgIpc) is 3.10. The van der Waals surface area contributed by atoms with Gasteiger partial charge in [0.1, 0.15) is 0 Å². The lowest BCUT2D eigenvalue weighted by Gasteiger charge is -2.11. The van der Waals surface area contributed by atoms with E-state index < -0.39 is 23.8 Å². The number of hydrogen-bond donors (Lipinski definition) is 3. The van der Waals surface area contributed by atoms with Crippen LogP contribution in [0.4, 0.5) is 0 Å². The van der Waals surface area contributed by atoms with Crippen LogP contribution < -0.4 is 16.8 Å². The van der Waals surface area contributed by atoms with E-state index in [1.54, 1.807) is 35.1 Å². The number of rotatable bonds is 7. The summed E-state index contributed by atoms with van der Waals surface area (Å²) in [4.78, 5) is 35.1. The van der Waals surface area contributed by atoms with Crippen LogP contribution in [0.3, 0.4) is 0 Å². The molecular weight excluding hydrogens is 394 g/mol. The molecule has 0 bridgehead atoms. The Labute approximate surface area is 171 Å². The molecule has 0 aliphatic carbocycles. The Balaban J connectivity index is 1.94. The highest BCUT2D eigenvalue weighted by Gasteiger charge is 2.25. The fourth-order valence-corrected chi connectivity index (χ4v) is 2.90. The third-order valence-corrected chi connectivity index (χ3v) is 4.41. The van der Waals surface area contributed by atoms with Gasteiger partial charge in [0, 0.05) is 22.3 Å². The molecule has 0 radical (unpaired) electrons. The van der Waals surface area contributed by atoms with Crippen molar-refractivity contribution in [3.05, 3.63) is 71.4 Å². The Morgan fingerprint density at radius 1 is 1.00 bits per heavy atom. The van der Waals surface area contributed by atoms with Gasteiger partial charge in [-0.3, -0.25) is 14.4 Å². The van der Waals surface area contributed by atoms with E-state index in [-0.39, 0.29) is 6.42 Å². The van der Waals surface area contributed by atoms with Gasteiger partial charge in [0.05, 0.1) is 17.8 Å². The Morgan fingerprint density at radius 2 is 1.62 bits per heavy atom. The van der Waals surface area contributed by atoms with Crippen molar-refractivity contribution in [2.24, 2.45) is 11.5 Å². The first kappa shape index (κ1) is 20.1. The number of nitrogens with zero attached hydrogens (tertiary/aromatic N) is 2.